The Morgan fingerprint density at radius 2 is 1.94 bits per heavy atom. The monoisotopic (exact) mass is 515 g/mol. The minimum Gasteiger partial charge on any atom is -0.436 e. The number of oxazole rings is 1. The lowest BCUT2D eigenvalue weighted by molar-refractivity contribution is -0.385. The molecule has 0 radical (unpaired) electrons. The maximum absolute atomic E-state index is 11.0. The molecule has 154 valence electrons. The van der Waals surface area contributed by atoms with Crippen LogP contribution in [0.1, 0.15) is 5.56 Å². The number of nitro groups is 1. The fourth-order valence-electron chi connectivity index (χ4n) is 2.83. The van der Waals surface area contributed by atoms with Gasteiger partial charge in [-0.05, 0) is 70.0 Å². The predicted octanol–water partition coefficient (Wildman–Crippen LogP) is 7.89. The highest BCUT2D eigenvalue weighted by atomic mass is 79.9. The summed E-state index contributed by atoms with van der Waals surface area (Å²) in [5.74, 6) is 0.375. The van der Waals surface area contributed by atoms with Gasteiger partial charge in [0.05, 0.1) is 25.7 Å². The minimum atomic E-state index is -0.437. The third-order valence-corrected chi connectivity index (χ3v) is 5.53. The van der Waals surface area contributed by atoms with Crippen molar-refractivity contribution in [2.24, 2.45) is 4.99 Å². The number of aliphatic imine (C=N–C) groups is 1. The molecule has 0 aliphatic heterocycles. The smallest absolute Gasteiger partial charge is 0.284 e. The SMILES string of the molecule is O=[N+]([O-])c1cc(/C=C/C=Nc2ccc3oc(-c4cc(Cl)ccc4Cl)nc3c2)ccc1Br. The molecular weight excluding hydrogens is 505 g/mol. The van der Waals surface area contributed by atoms with Crippen molar-refractivity contribution in [1.29, 1.82) is 0 Å². The molecule has 0 aliphatic rings. The summed E-state index contributed by atoms with van der Waals surface area (Å²) in [6.45, 7) is 0. The second-order valence-electron chi connectivity index (χ2n) is 6.40. The van der Waals surface area contributed by atoms with E-state index in [0.29, 0.717) is 48.3 Å². The van der Waals surface area contributed by atoms with E-state index in [0.717, 1.165) is 0 Å². The van der Waals surface area contributed by atoms with E-state index in [1.807, 2.05) is 0 Å². The van der Waals surface area contributed by atoms with Gasteiger partial charge in [0.25, 0.3) is 5.69 Å². The van der Waals surface area contributed by atoms with Crippen molar-refractivity contribution in [3.63, 3.8) is 0 Å². The normalized spacial score (nSPS) is 11.7. The summed E-state index contributed by atoms with van der Waals surface area (Å²) in [6, 6.07) is 15.3. The van der Waals surface area contributed by atoms with Crippen LogP contribution in [0.15, 0.2) is 74.6 Å². The van der Waals surface area contributed by atoms with E-state index in [9.17, 15) is 10.1 Å². The zero-order valence-corrected chi connectivity index (χ0v) is 18.7. The molecular formula is C22H12BrCl2N3O3. The van der Waals surface area contributed by atoms with Crippen LogP contribution in [-0.4, -0.2) is 16.1 Å². The molecule has 3 aromatic carbocycles. The van der Waals surface area contributed by atoms with E-state index < -0.39 is 4.92 Å². The number of fused-ring (bicyclic) bond motifs is 1. The Kier molecular flexibility index (Phi) is 6.18. The largest absolute Gasteiger partial charge is 0.436 e. The van der Waals surface area contributed by atoms with Crippen molar-refractivity contribution in [3.8, 4) is 11.5 Å². The van der Waals surface area contributed by atoms with Crippen molar-refractivity contribution >= 4 is 73.9 Å². The first-order valence-corrected chi connectivity index (χ1v) is 10.5. The lowest BCUT2D eigenvalue weighted by atomic mass is 10.2. The highest BCUT2D eigenvalue weighted by Crippen LogP contribution is 2.33. The van der Waals surface area contributed by atoms with Gasteiger partial charge in [-0.3, -0.25) is 15.1 Å². The van der Waals surface area contributed by atoms with Crippen LogP contribution in [0.4, 0.5) is 11.4 Å². The van der Waals surface area contributed by atoms with E-state index in [1.165, 1.54) is 6.07 Å². The summed E-state index contributed by atoms with van der Waals surface area (Å²) in [5.41, 5.74) is 3.22. The van der Waals surface area contributed by atoms with Gasteiger partial charge >= 0.3 is 0 Å². The molecule has 0 aliphatic carbocycles. The van der Waals surface area contributed by atoms with Crippen molar-refractivity contribution in [2.45, 2.75) is 0 Å². The summed E-state index contributed by atoms with van der Waals surface area (Å²) in [4.78, 5) is 19.4. The number of benzene rings is 3. The van der Waals surface area contributed by atoms with Gasteiger partial charge in [-0.15, -0.1) is 0 Å². The molecule has 0 spiro atoms. The molecule has 0 atom stereocenters. The number of nitro benzene ring substituents is 1. The highest BCUT2D eigenvalue weighted by molar-refractivity contribution is 9.10. The molecule has 1 aromatic heterocycles. The van der Waals surface area contributed by atoms with E-state index in [2.05, 4.69) is 25.9 Å². The molecule has 4 aromatic rings. The van der Waals surface area contributed by atoms with Crippen LogP contribution < -0.4 is 0 Å². The lowest BCUT2D eigenvalue weighted by Gasteiger charge is -1.99. The van der Waals surface area contributed by atoms with Gasteiger partial charge in [-0.2, -0.15) is 0 Å². The van der Waals surface area contributed by atoms with E-state index in [1.54, 1.807) is 66.9 Å². The molecule has 4 rings (SSSR count). The molecule has 0 unspecified atom stereocenters. The number of halogens is 3. The first-order chi connectivity index (χ1) is 14.9. The number of allylic oxidation sites excluding steroid dienone is 1. The molecule has 0 saturated heterocycles. The first-order valence-electron chi connectivity index (χ1n) is 8.91. The quantitative estimate of drug-likeness (QED) is 0.153. The van der Waals surface area contributed by atoms with Crippen molar-refractivity contribution < 1.29 is 9.34 Å². The number of aromatic nitrogens is 1. The molecule has 9 heteroatoms. The van der Waals surface area contributed by atoms with Gasteiger partial charge in [0.2, 0.25) is 5.89 Å². The maximum atomic E-state index is 11.0. The Bertz CT molecular complexity index is 1370. The lowest BCUT2D eigenvalue weighted by Crippen LogP contribution is -1.89. The van der Waals surface area contributed by atoms with Gasteiger partial charge < -0.3 is 4.42 Å². The zero-order chi connectivity index (χ0) is 22.0. The van der Waals surface area contributed by atoms with Crippen molar-refractivity contribution in [1.82, 2.24) is 4.98 Å². The number of hydrogen-bond donors (Lipinski definition) is 0. The Labute approximate surface area is 195 Å². The minimum absolute atomic E-state index is 0.00573. The van der Waals surface area contributed by atoms with Crippen LogP contribution in [0.3, 0.4) is 0 Å². The third kappa shape index (κ3) is 4.85. The summed E-state index contributed by atoms with van der Waals surface area (Å²) in [6.07, 6.45) is 5.04. The average Bonchev–Trinajstić information content (AvgIpc) is 3.17. The average molecular weight is 517 g/mol. The van der Waals surface area contributed by atoms with Crippen LogP contribution in [-0.2, 0) is 0 Å². The molecule has 0 fully saturated rings. The Hall–Kier alpha value is -3.00. The molecule has 0 bridgehead atoms. The van der Waals surface area contributed by atoms with Crippen LogP contribution in [0.25, 0.3) is 28.6 Å². The fourth-order valence-corrected chi connectivity index (χ4v) is 3.59. The molecule has 1 heterocycles. The molecule has 0 N–H and O–H groups in total. The fraction of sp³-hybridized carbons (Fsp3) is 0. The zero-order valence-electron chi connectivity index (χ0n) is 15.6. The van der Waals surface area contributed by atoms with Crippen LogP contribution in [0.5, 0.6) is 0 Å². The third-order valence-electron chi connectivity index (χ3n) is 4.30. The molecule has 6 nitrogen and oxygen atoms in total. The topological polar surface area (TPSA) is 81.5 Å². The second kappa shape index (κ2) is 9.01. The predicted molar refractivity (Wildman–Crippen MR) is 127 cm³/mol. The van der Waals surface area contributed by atoms with Crippen LogP contribution >= 0.6 is 39.1 Å². The van der Waals surface area contributed by atoms with Gasteiger partial charge in [-0.25, -0.2) is 4.98 Å². The Morgan fingerprint density at radius 1 is 1.10 bits per heavy atom. The van der Waals surface area contributed by atoms with E-state index in [4.69, 9.17) is 27.6 Å². The molecule has 0 saturated carbocycles. The van der Waals surface area contributed by atoms with Crippen LogP contribution in [0.2, 0.25) is 10.0 Å². The van der Waals surface area contributed by atoms with Gasteiger partial charge in [-0.1, -0.05) is 35.3 Å². The summed E-state index contributed by atoms with van der Waals surface area (Å²) in [7, 11) is 0. The number of nitrogens with zero attached hydrogens (tertiary/aromatic N) is 3. The van der Waals surface area contributed by atoms with Crippen molar-refractivity contribution in [2.75, 3.05) is 0 Å². The first kappa shape index (κ1) is 21.2. The van der Waals surface area contributed by atoms with Gasteiger partial charge in [0, 0.05) is 17.3 Å². The maximum Gasteiger partial charge on any atom is 0.284 e. The van der Waals surface area contributed by atoms with Crippen molar-refractivity contribution in [3.05, 3.63) is 90.9 Å². The molecule has 31 heavy (non-hydrogen) atoms. The standard InChI is InChI=1S/C22H12BrCl2N3O3/c23-17-6-3-13(10-20(17)28(29)30)2-1-9-26-15-5-8-21-19(12-15)27-22(31-21)16-11-14(24)4-7-18(16)25/h1-12H/b2-1+,26-9?. The van der Waals surface area contributed by atoms with E-state index in [-0.39, 0.29) is 5.69 Å². The summed E-state index contributed by atoms with van der Waals surface area (Å²) < 4.78 is 6.22. The Morgan fingerprint density at radius 3 is 2.74 bits per heavy atom. The van der Waals surface area contributed by atoms with Gasteiger partial charge in [0.1, 0.15) is 5.52 Å². The Balaban J connectivity index is 1.55. The highest BCUT2D eigenvalue weighted by Gasteiger charge is 2.13. The molecule has 0 amide bonds. The second-order valence-corrected chi connectivity index (χ2v) is 8.10. The number of rotatable bonds is 5. The van der Waals surface area contributed by atoms with Crippen LogP contribution in [0, 0.1) is 10.1 Å². The van der Waals surface area contributed by atoms with Gasteiger partial charge in [0.15, 0.2) is 5.58 Å². The summed E-state index contributed by atoms with van der Waals surface area (Å²) >= 11 is 15.4. The van der Waals surface area contributed by atoms with E-state index >= 15 is 0 Å². The number of hydrogen-bond acceptors (Lipinski definition) is 5. The summed E-state index contributed by atoms with van der Waals surface area (Å²) in [5, 5.41) is 12.1.